The SMILES string of the molecule is CSC(CO)C(C)NCc1ccc(O)cn1. The minimum absolute atomic E-state index is 0.165. The van der Waals surface area contributed by atoms with E-state index < -0.39 is 0 Å². The number of pyridine rings is 1. The second kappa shape index (κ2) is 6.73. The molecule has 0 saturated heterocycles. The molecule has 90 valence electrons. The minimum atomic E-state index is 0.165. The van der Waals surface area contributed by atoms with Crippen LogP contribution in [0.2, 0.25) is 0 Å². The van der Waals surface area contributed by atoms with Crippen molar-refractivity contribution in [3.05, 3.63) is 24.0 Å². The Morgan fingerprint density at radius 3 is 2.75 bits per heavy atom. The minimum Gasteiger partial charge on any atom is -0.506 e. The van der Waals surface area contributed by atoms with Crippen molar-refractivity contribution in [2.45, 2.75) is 24.8 Å². The van der Waals surface area contributed by atoms with Gasteiger partial charge in [0.1, 0.15) is 5.75 Å². The molecule has 16 heavy (non-hydrogen) atoms. The maximum atomic E-state index is 9.12. The van der Waals surface area contributed by atoms with Crippen LogP contribution in [0.25, 0.3) is 0 Å². The third-order valence-electron chi connectivity index (χ3n) is 2.45. The molecule has 0 aromatic carbocycles. The topological polar surface area (TPSA) is 65.4 Å². The number of rotatable bonds is 6. The van der Waals surface area contributed by atoms with Crippen LogP contribution in [0.4, 0.5) is 0 Å². The quantitative estimate of drug-likeness (QED) is 0.694. The fraction of sp³-hybridized carbons (Fsp3) is 0.545. The molecule has 1 aromatic heterocycles. The van der Waals surface area contributed by atoms with Crippen molar-refractivity contribution < 1.29 is 10.2 Å². The Labute approximate surface area is 100 Å². The smallest absolute Gasteiger partial charge is 0.133 e. The summed E-state index contributed by atoms with van der Waals surface area (Å²) in [5.41, 5.74) is 0.877. The average molecular weight is 242 g/mol. The monoisotopic (exact) mass is 242 g/mol. The molecule has 0 bridgehead atoms. The normalized spacial score (nSPS) is 14.7. The fourth-order valence-electron chi connectivity index (χ4n) is 1.36. The molecule has 4 nitrogen and oxygen atoms in total. The van der Waals surface area contributed by atoms with Crippen LogP contribution in [0.15, 0.2) is 18.3 Å². The van der Waals surface area contributed by atoms with E-state index in [1.807, 2.05) is 13.2 Å². The Kier molecular flexibility index (Phi) is 5.59. The first-order chi connectivity index (χ1) is 7.67. The van der Waals surface area contributed by atoms with E-state index in [2.05, 4.69) is 10.3 Å². The number of hydrogen-bond donors (Lipinski definition) is 3. The zero-order valence-electron chi connectivity index (χ0n) is 9.55. The number of thioether (sulfide) groups is 1. The van der Waals surface area contributed by atoms with Gasteiger partial charge >= 0.3 is 0 Å². The molecule has 2 unspecified atom stereocenters. The summed E-state index contributed by atoms with van der Waals surface area (Å²) in [6, 6.07) is 3.62. The van der Waals surface area contributed by atoms with Crippen molar-refractivity contribution >= 4 is 11.8 Å². The second-order valence-electron chi connectivity index (χ2n) is 3.63. The standard InChI is InChI=1S/C11H18N2O2S/c1-8(11(7-14)16-2)12-5-9-3-4-10(15)6-13-9/h3-4,6,8,11-12,14-15H,5,7H2,1-2H3. The van der Waals surface area contributed by atoms with Gasteiger partial charge in [-0.3, -0.25) is 4.98 Å². The van der Waals surface area contributed by atoms with Crippen LogP contribution < -0.4 is 5.32 Å². The van der Waals surface area contributed by atoms with Crippen molar-refractivity contribution in [1.29, 1.82) is 0 Å². The summed E-state index contributed by atoms with van der Waals surface area (Å²) in [5, 5.41) is 21.7. The summed E-state index contributed by atoms with van der Waals surface area (Å²) in [4.78, 5) is 4.08. The largest absolute Gasteiger partial charge is 0.506 e. The highest BCUT2D eigenvalue weighted by Gasteiger charge is 2.14. The summed E-state index contributed by atoms with van der Waals surface area (Å²) in [6.45, 7) is 2.84. The third kappa shape index (κ3) is 4.00. The Balaban J connectivity index is 2.42. The van der Waals surface area contributed by atoms with Crippen LogP contribution in [-0.2, 0) is 6.54 Å². The molecule has 1 aromatic rings. The molecule has 0 spiro atoms. The maximum Gasteiger partial charge on any atom is 0.133 e. The first-order valence-corrected chi connectivity index (χ1v) is 6.47. The number of nitrogens with one attached hydrogen (secondary N) is 1. The highest BCUT2D eigenvalue weighted by molar-refractivity contribution is 7.99. The number of aromatic nitrogens is 1. The Morgan fingerprint density at radius 2 is 2.25 bits per heavy atom. The molecule has 0 radical (unpaired) electrons. The third-order valence-corrected chi connectivity index (χ3v) is 3.62. The molecule has 0 aliphatic carbocycles. The summed E-state index contributed by atoms with van der Waals surface area (Å²) < 4.78 is 0. The van der Waals surface area contributed by atoms with Crippen LogP contribution in [0.3, 0.4) is 0 Å². The second-order valence-corrected chi connectivity index (χ2v) is 4.71. The van der Waals surface area contributed by atoms with Gasteiger partial charge in [-0.1, -0.05) is 0 Å². The molecule has 0 amide bonds. The lowest BCUT2D eigenvalue weighted by Crippen LogP contribution is -2.37. The van der Waals surface area contributed by atoms with Gasteiger partial charge < -0.3 is 15.5 Å². The number of nitrogens with zero attached hydrogens (tertiary/aromatic N) is 1. The molecule has 1 heterocycles. The van der Waals surface area contributed by atoms with Gasteiger partial charge in [0.25, 0.3) is 0 Å². The Bertz CT molecular complexity index is 301. The van der Waals surface area contributed by atoms with Gasteiger partial charge in [-0.2, -0.15) is 11.8 Å². The van der Waals surface area contributed by atoms with E-state index in [0.717, 1.165) is 5.69 Å². The Morgan fingerprint density at radius 1 is 1.50 bits per heavy atom. The molecule has 0 fully saturated rings. The molecule has 0 aliphatic heterocycles. The lowest BCUT2D eigenvalue weighted by Gasteiger charge is -2.21. The van der Waals surface area contributed by atoms with Crippen LogP contribution in [0.1, 0.15) is 12.6 Å². The maximum absolute atomic E-state index is 9.12. The molecule has 0 aliphatic rings. The van der Waals surface area contributed by atoms with Crippen molar-refractivity contribution in [3.8, 4) is 5.75 Å². The molecular formula is C11H18N2O2S. The van der Waals surface area contributed by atoms with E-state index in [1.54, 1.807) is 23.9 Å². The zero-order valence-corrected chi connectivity index (χ0v) is 10.4. The van der Waals surface area contributed by atoms with Crippen molar-refractivity contribution in [1.82, 2.24) is 10.3 Å². The summed E-state index contributed by atoms with van der Waals surface area (Å²) in [5.74, 6) is 0.175. The van der Waals surface area contributed by atoms with Gasteiger partial charge in [0.15, 0.2) is 0 Å². The first-order valence-electron chi connectivity index (χ1n) is 5.18. The predicted octanol–water partition coefficient (Wildman–Crippen LogP) is 0.989. The molecule has 2 atom stereocenters. The zero-order chi connectivity index (χ0) is 12.0. The highest BCUT2D eigenvalue weighted by Crippen LogP contribution is 2.11. The number of aliphatic hydroxyl groups is 1. The van der Waals surface area contributed by atoms with Crippen LogP contribution in [0, 0.1) is 0 Å². The first kappa shape index (κ1) is 13.3. The van der Waals surface area contributed by atoms with E-state index in [-0.39, 0.29) is 23.6 Å². The summed E-state index contributed by atoms with van der Waals surface area (Å²) >= 11 is 1.64. The number of hydrogen-bond acceptors (Lipinski definition) is 5. The van der Waals surface area contributed by atoms with Gasteiger partial charge in [0.2, 0.25) is 0 Å². The van der Waals surface area contributed by atoms with Crippen LogP contribution >= 0.6 is 11.8 Å². The van der Waals surface area contributed by atoms with Crippen molar-refractivity contribution in [2.75, 3.05) is 12.9 Å². The summed E-state index contributed by atoms with van der Waals surface area (Å²) in [6.07, 6.45) is 3.41. The van der Waals surface area contributed by atoms with E-state index in [4.69, 9.17) is 10.2 Å². The lowest BCUT2D eigenvalue weighted by molar-refractivity contribution is 0.275. The molecule has 5 heteroatoms. The van der Waals surface area contributed by atoms with Gasteiger partial charge in [0, 0.05) is 17.8 Å². The molecular weight excluding hydrogens is 224 g/mol. The highest BCUT2D eigenvalue weighted by atomic mass is 32.2. The van der Waals surface area contributed by atoms with Crippen molar-refractivity contribution in [2.24, 2.45) is 0 Å². The van der Waals surface area contributed by atoms with Gasteiger partial charge in [-0.05, 0) is 25.3 Å². The molecule has 3 N–H and O–H groups in total. The lowest BCUT2D eigenvalue weighted by atomic mass is 10.2. The van der Waals surface area contributed by atoms with Gasteiger partial charge in [-0.25, -0.2) is 0 Å². The van der Waals surface area contributed by atoms with Crippen LogP contribution in [0.5, 0.6) is 5.75 Å². The number of aliphatic hydroxyl groups excluding tert-OH is 1. The average Bonchev–Trinajstić information content (AvgIpc) is 2.30. The van der Waals surface area contributed by atoms with E-state index >= 15 is 0 Å². The van der Waals surface area contributed by atoms with Crippen LogP contribution in [-0.4, -0.2) is 39.4 Å². The van der Waals surface area contributed by atoms with Crippen molar-refractivity contribution in [3.63, 3.8) is 0 Å². The molecule has 1 rings (SSSR count). The predicted molar refractivity (Wildman–Crippen MR) is 66.6 cm³/mol. The summed E-state index contributed by atoms with van der Waals surface area (Å²) in [7, 11) is 0. The fourth-order valence-corrected chi connectivity index (χ4v) is 2.01. The number of aromatic hydroxyl groups is 1. The molecule has 0 saturated carbocycles. The van der Waals surface area contributed by atoms with Gasteiger partial charge in [-0.15, -0.1) is 0 Å². The van der Waals surface area contributed by atoms with E-state index in [9.17, 15) is 0 Å². The van der Waals surface area contributed by atoms with E-state index in [1.165, 1.54) is 6.20 Å². The van der Waals surface area contributed by atoms with E-state index in [0.29, 0.717) is 6.54 Å². The Hall–Kier alpha value is -0.780. The van der Waals surface area contributed by atoms with Gasteiger partial charge in [0.05, 0.1) is 18.5 Å².